The monoisotopic (exact) mass is 310 g/mol. The van der Waals surface area contributed by atoms with Crippen molar-refractivity contribution in [3.8, 4) is 5.88 Å². The molecule has 20 heavy (non-hydrogen) atoms. The predicted molar refractivity (Wildman–Crippen MR) is 84.6 cm³/mol. The lowest BCUT2D eigenvalue weighted by atomic mass is 10.2. The van der Waals surface area contributed by atoms with E-state index in [1.165, 1.54) is 4.88 Å². The summed E-state index contributed by atoms with van der Waals surface area (Å²) in [7, 11) is 0. The van der Waals surface area contributed by atoms with Crippen LogP contribution in [0.15, 0.2) is 30.5 Å². The summed E-state index contributed by atoms with van der Waals surface area (Å²) in [4.78, 5) is 5.52. The number of pyridine rings is 1. The summed E-state index contributed by atoms with van der Waals surface area (Å²) < 4.78 is 6.54. The second-order valence-electron chi connectivity index (χ2n) is 4.88. The molecule has 0 amide bonds. The molecule has 0 spiro atoms. The molecule has 0 saturated carbocycles. The Bertz CT molecular complexity index is 556. The van der Waals surface area contributed by atoms with Crippen LogP contribution in [0.3, 0.4) is 0 Å². The lowest BCUT2D eigenvalue weighted by molar-refractivity contribution is 0.229. The first-order valence-electron chi connectivity index (χ1n) is 6.65. The minimum Gasteiger partial charge on any atom is -0.475 e. The molecular formula is C15H19ClN2OS. The van der Waals surface area contributed by atoms with Crippen LogP contribution in [-0.2, 0) is 6.54 Å². The molecule has 0 bridgehead atoms. The Balaban J connectivity index is 2.00. The molecule has 1 N–H and O–H groups in total. The highest BCUT2D eigenvalue weighted by atomic mass is 35.5. The highest BCUT2D eigenvalue weighted by Crippen LogP contribution is 2.27. The molecule has 0 saturated heterocycles. The summed E-state index contributed by atoms with van der Waals surface area (Å²) in [5, 5.41) is 3.47. The largest absolute Gasteiger partial charge is 0.475 e. The van der Waals surface area contributed by atoms with Gasteiger partial charge in [0.05, 0.1) is 10.4 Å². The van der Waals surface area contributed by atoms with Gasteiger partial charge in [-0.05, 0) is 39.0 Å². The molecule has 2 rings (SSSR count). The van der Waals surface area contributed by atoms with Crippen LogP contribution < -0.4 is 10.1 Å². The average Bonchev–Trinajstić information content (AvgIpc) is 2.83. The molecule has 0 radical (unpaired) electrons. The third kappa shape index (κ3) is 4.20. The van der Waals surface area contributed by atoms with Crippen LogP contribution in [0.25, 0.3) is 0 Å². The van der Waals surface area contributed by atoms with E-state index in [1.807, 2.05) is 32.0 Å². The van der Waals surface area contributed by atoms with Crippen LogP contribution in [0.2, 0.25) is 4.34 Å². The summed E-state index contributed by atoms with van der Waals surface area (Å²) in [6.45, 7) is 6.85. The van der Waals surface area contributed by atoms with Gasteiger partial charge in [-0.1, -0.05) is 17.7 Å². The average molecular weight is 311 g/mol. The summed E-state index contributed by atoms with van der Waals surface area (Å²) in [6.07, 6.45) is 1.88. The van der Waals surface area contributed by atoms with E-state index in [2.05, 4.69) is 23.3 Å². The molecule has 0 aromatic carbocycles. The fraction of sp³-hybridized carbons (Fsp3) is 0.400. The van der Waals surface area contributed by atoms with Crippen molar-refractivity contribution in [1.82, 2.24) is 10.3 Å². The number of hydrogen-bond donors (Lipinski definition) is 1. The standard InChI is InChI=1S/C15H19ClN2OS/c1-10(2)19-15-12(5-4-8-17-15)9-18-11(3)13-6-7-14(16)20-13/h4-8,10-11,18H,9H2,1-3H3. The number of hydrogen-bond acceptors (Lipinski definition) is 4. The minimum atomic E-state index is 0.122. The number of ether oxygens (including phenoxy) is 1. The first-order chi connectivity index (χ1) is 9.56. The van der Waals surface area contributed by atoms with Gasteiger partial charge >= 0.3 is 0 Å². The molecule has 2 aromatic rings. The van der Waals surface area contributed by atoms with Crippen LogP contribution in [-0.4, -0.2) is 11.1 Å². The van der Waals surface area contributed by atoms with Crippen molar-refractivity contribution in [2.24, 2.45) is 0 Å². The van der Waals surface area contributed by atoms with Gasteiger partial charge in [0, 0.05) is 29.2 Å². The maximum absolute atomic E-state index is 5.96. The quantitative estimate of drug-likeness (QED) is 0.856. The fourth-order valence-electron chi connectivity index (χ4n) is 1.81. The van der Waals surface area contributed by atoms with Crippen LogP contribution in [0.1, 0.15) is 37.3 Å². The maximum Gasteiger partial charge on any atom is 0.218 e. The summed E-state index contributed by atoms with van der Waals surface area (Å²) >= 11 is 7.57. The Hall–Kier alpha value is -1.10. The molecule has 5 heteroatoms. The normalized spacial score (nSPS) is 12.7. The Morgan fingerprint density at radius 1 is 1.30 bits per heavy atom. The third-order valence-electron chi connectivity index (χ3n) is 2.82. The van der Waals surface area contributed by atoms with Crippen LogP contribution in [0.5, 0.6) is 5.88 Å². The molecule has 2 heterocycles. The molecular weight excluding hydrogens is 292 g/mol. The molecule has 1 atom stereocenters. The SMILES string of the molecule is CC(C)Oc1ncccc1CNC(C)c1ccc(Cl)s1. The van der Waals surface area contributed by atoms with Crippen molar-refractivity contribution in [2.45, 2.75) is 39.5 Å². The van der Waals surface area contributed by atoms with Crippen molar-refractivity contribution in [3.63, 3.8) is 0 Å². The van der Waals surface area contributed by atoms with Gasteiger partial charge in [0.2, 0.25) is 5.88 Å². The third-order valence-corrected chi connectivity index (χ3v) is 4.23. The molecule has 2 aromatic heterocycles. The van der Waals surface area contributed by atoms with Crippen molar-refractivity contribution in [1.29, 1.82) is 0 Å². The highest BCUT2D eigenvalue weighted by molar-refractivity contribution is 7.16. The zero-order valence-corrected chi connectivity index (χ0v) is 13.5. The van der Waals surface area contributed by atoms with Gasteiger partial charge in [0.15, 0.2) is 0 Å². The summed E-state index contributed by atoms with van der Waals surface area (Å²) in [5.74, 6) is 0.700. The zero-order valence-electron chi connectivity index (χ0n) is 11.9. The van der Waals surface area contributed by atoms with E-state index in [0.717, 1.165) is 9.90 Å². The van der Waals surface area contributed by atoms with Gasteiger partial charge in [-0.15, -0.1) is 11.3 Å². The molecule has 3 nitrogen and oxygen atoms in total. The highest BCUT2D eigenvalue weighted by Gasteiger charge is 2.11. The van der Waals surface area contributed by atoms with E-state index < -0.39 is 0 Å². The van der Waals surface area contributed by atoms with Gasteiger partial charge in [-0.2, -0.15) is 0 Å². The number of nitrogens with zero attached hydrogens (tertiary/aromatic N) is 1. The van der Waals surface area contributed by atoms with E-state index in [0.29, 0.717) is 12.4 Å². The molecule has 1 unspecified atom stereocenters. The predicted octanol–water partition coefficient (Wildman–Crippen LogP) is 4.43. The van der Waals surface area contributed by atoms with Gasteiger partial charge in [0.1, 0.15) is 0 Å². The van der Waals surface area contributed by atoms with Gasteiger partial charge in [0.25, 0.3) is 0 Å². The Kier molecular flexibility index (Phi) is 5.40. The topological polar surface area (TPSA) is 34.1 Å². The van der Waals surface area contributed by atoms with E-state index in [1.54, 1.807) is 17.5 Å². The number of aromatic nitrogens is 1. The first-order valence-corrected chi connectivity index (χ1v) is 7.85. The molecule has 0 aliphatic rings. The fourth-order valence-corrected chi connectivity index (χ4v) is 2.90. The smallest absolute Gasteiger partial charge is 0.218 e. The molecule has 108 valence electrons. The van der Waals surface area contributed by atoms with E-state index in [4.69, 9.17) is 16.3 Å². The Morgan fingerprint density at radius 2 is 2.10 bits per heavy atom. The van der Waals surface area contributed by atoms with Crippen LogP contribution in [0, 0.1) is 0 Å². The molecule has 0 aliphatic carbocycles. The van der Waals surface area contributed by atoms with Gasteiger partial charge in [-0.25, -0.2) is 4.98 Å². The lowest BCUT2D eigenvalue weighted by Crippen LogP contribution is -2.18. The second-order valence-corrected chi connectivity index (χ2v) is 6.63. The van der Waals surface area contributed by atoms with Crippen LogP contribution >= 0.6 is 22.9 Å². The maximum atomic E-state index is 5.96. The molecule has 0 aliphatic heterocycles. The number of thiophene rings is 1. The number of rotatable bonds is 6. The van der Waals surface area contributed by atoms with Crippen molar-refractivity contribution < 1.29 is 4.74 Å². The Morgan fingerprint density at radius 3 is 2.75 bits per heavy atom. The number of nitrogens with one attached hydrogen (secondary N) is 1. The van der Waals surface area contributed by atoms with E-state index >= 15 is 0 Å². The van der Waals surface area contributed by atoms with E-state index in [-0.39, 0.29) is 12.1 Å². The van der Waals surface area contributed by atoms with Crippen LogP contribution in [0.4, 0.5) is 0 Å². The van der Waals surface area contributed by atoms with Crippen molar-refractivity contribution >= 4 is 22.9 Å². The lowest BCUT2D eigenvalue weighted by Gasteiger charge is -2.15. The van der Waals surface area contributed by atoms with Crippen molar-refractivity contribution in [2.75, 3.05) is 0 Å². The van der Waals surface area contributed by atoms with Gasteiger partial charge < -0.3 is 10.1 Å². The summed E-state index contributed by atoms with van der Waals surface area (Å²) in [6, 6.07) is 8.19. The zero-order chi connectivity index (χ0) is 14.5. The summed E-state index contributed by atoms with van der Waals surface area (Å²) in [5.41, 5.74) is 1.07. The number of halogens is 1. The second kappa shape index (κ2) is 7.07. The van der Waals surface area contributed by atoms with Crippen molar-refractivity contribution in [3.05, 3.63) is 45.2 Å². The van der Waals surface area contributed by atoms with Gasteiger partial charge in [-0.3, -0.25) is 0 Å². The Labute approximate surface area is 129 Å². The minimum absolute atomic E-state index is 0.122. The first kappa shape index (κ1) is 15.3. The molecule has 0 fully saturated rings. The van der Waals surface area contributed by atoms with E-state index in [9.17, 15) is 0 Å².